The molecule has 25 heavy (non-hydrogen) atoms. The highest BCUT2D eigenvalue weighted by atomic mass is 35.7. The van der Waals surface area contributed by atoms with Crippen molar-refractivity contribution in [3.8, 4) is 0 Å². The molecule has 132 valence electrons. The maximum atomic E-state index is 8.49. The highest BCUT2D eigenvalue weighted by molar-refractivity contribution is 5.91. The number of pyridine rings is 1. The number of anilines is 1. The molecule has 1 aromatic carbocycles. The molecular weight excluding hydrogens is 352 g/mol. The zero-order valence-corrected chi connectivity index (χ0v) is 13.8. The number of hydrogen-bond donors (Lipinski definition) is 0. The van der Waals surface area contributed by atoms with Crippen molar-refractivity contribution < 1.29 is 38.1 Å². The van der Waals surface area contributed by atoms with Gasteiger partial charge in [-0.25, -0.2) is 18.6 Å². The molecule has 2 aromatic heterocycles. The summed E-state index contributed by atoms with van der Waals surface area (Å²) in [4.78, 5) is 7.02. The van der Waals surface area contributed by atoms with Crippen molar-refractivity contribution in [2.45, 2.75) is 0 Å². The second-order valence-corrected chi connectivity index (χ2v) is 6.02. The first-order valence-corrected chi connectivity index (χ1v) is 8.66. The molecule has 0 aliphatic carbocycles. The molecule has 0 atom stereocenters. The number of benzene rings is 1. The van der Waals surface area contributed by atoms with Gasteiger partial charge in [-0.2, -0.15) is 0 Å². The Bertz CT molecular complexity index is 861. The van der Waals surface area contributed by atoms with Crippen molar-refractivity contribution in [3.05, 3.63) is 42.7 Å². The molecule has 3 aromatic rings. The van der Waals surface area contributed by atoms with Crippen LogP contribution in [0.5, 0.6) is 0 Å². The van der Waals surface area contributed by atoms with Gasteiger partial charge in [0.05, 0.1) is 18.6 Å². The molecule has 0 bridgehead atoms. The smallest absolute Gasteiger partial charge is 0.358 e. The maximum Gasteiger partial charge on any atom is 0.358 e. The van der Waals surface area contributed by atoms with Gasteiger partial charge in [-0.05, 0) is 22.5 Å². The predicted molar refractivity (Wildman–Crippen MR) is 75.7 cm³/mol. The van der Waals surface area contributed by atoms with E-state index >= 15 is 0 Å². The van der Waals surface area contributed by atoms with E-state index in [0.717, 1.165) is 43.2 Å². The molecule has 1 saturated heterocycles. The number of aromatic nitrogens is 3. The summed E-state index contributed by atoms with van der Waals surface area (Å²) in [5, 5.41) is 6.78. The standard InChI is InChI=1S/C15H15N4O.ClHO4/c1-2-4-13-12(3-1)5-6-19-15(13)17-14(11-16-19)18-7-9-20-10-8-18;2-1(3,4)5/h1-6,11H,7-10H2;(H,2,3,4,5)/q+1;/p-1. The van der Waals surface area contributed by atoms with Gasteiger partial charge in [0.2, 0.25) is 0 Å². The minimum atomic E-state index is -4.94. The lowest BCUT2D eigenvalue weighted by Crippen LogP contribution is -2.68. The Morgan fingerprint density at radius 2 is 1.72 bits per heavy atom. The number of rotatable bonds is 1. The van der Waals surface area contributed by atoms with Gasteiger partial charge in [0.15, 0.2) is 0 Å². The van der Waals surface area contributed by atoms with Crippen LogP contribution < -0.4 is 28.1 Å². The van der Waals surface area contributed by atoms with E-state index in [-0.39, 0.29) is 0 Å². The van der Waals surface area contributed by atoms with Crippen LogP contribution in [0.15, 0.2) is 42.7 Å². The van der Waals surface area contributed by atoms with Crippen LogP contribution in [0, 0.1) is 10.2 Å². The zero-order valence-electron chi connectivity index (χ0n) is 13.1. The van der Waals surface area contributed by atoms with Crippen LogP contribution in [-0.2, 0) is 4.74 Å². The summed E-state index contributed by atoms with van der Waals surface area (Å²) in [7, 11) is -4.94. The Hall–Kier alpha value is -2.14. The van der Waals surface area contributed by atoms with Crippen LogP contribution in [0.4, 0.5) is 5.82 Å². The quantitative estimate of drug-likeness (QED) is 0.319. The van der Waals surface area contributed by atoms with E-state index in [1.165, 1.54) is 5.39 Å². The van der Waals surface area contributed by atoms with E-state index in [9.17, 15) is 0 Å². The van der Waals surface area contributed by atoms with Crippen LogP contribution >= 0.6 is 0 Å². The van der Waals surface area contributed by atoms with Crippen molar-refractivity contribution in [1.29, 1.82) is 0 Å². The third kappa shape index (κ3) is 4.69. The molecule has 0 amide bonds. The van der Waals surface area contributed by atoms with Crippen molar-refractivity contribution in [2.24, 2.45) is 0 Å². The monoisotopic (exact) mass is 366 g/mol. The summed E-state index contributed by atoms with van der Waals surface area (Å²) < 4.78 is 41.2. The Balaban J connectivity index is 0.000000324. The SMILES string of the molecule is [O-][Cl+3]([O-])([O-])[O-].c1ccc2c(c1)cc[n+]1ncc(N3CCOCC3)nc21. The fourth-order valence-electron chi connectivity index (χ4n) is 2.59. The van der Waals surface area contributed by atoms with Crippen LogP contribution in [-0.4, -0.2) is 36.4 Å². The van der Waals surface area contributed by atoms with Crippen molar-refractivity contribution in [3.63, 3.8) is 0 Å². The summed E-state index contributed by atoms with van der Waals surface area (Å²) in [6.45, 7) is 3.25. The van der Waals surface area contributed by atoms with Crippen molar-refractivity contribution in [2.75, 3.05) is 31.2 Å². The summed E-state index contributed by atoms with van der Waals surface area (Å²) >= 11 is 0. The Kier molecular flexibility index (Phi) is 5.23. The van der Waals surface area contributed by atoms with Crippen LogP contribution in [0.25, 0.3) is 16.4 Å². The lowest BCUT2D eigenvalue weighted by molar-refractivity contribution is -2.00. The third-order valence-electron chi connectivity index (χ3n) is 3.67. The summed E-state index contributed by atoms with van der Waals surface area (Å²) in [6, 6.07) is 10.3. The number of morpholine rings is 1. The Morgan fingerprint density at radius 3 is 2.44 bits per heavy atom. The minimum absolute atomic E-state index is 0.752. The number of halogens is 1. The van der Waals surface area contributed by atoms with E-state index in [4.69, 9.17) is 28.4 Å². The average molecular weight is 367 g/mol. The van der Waals surface area contributed by atoms with Crippen molar-refractivity contribution >= 4 is 22.2 Å². The Morgan fingerprint density at radius 1 is 1.04 bits per heavy atom. The molecule has 3 heterocycles. The molecule has 0 spiro atoms. The molecule has 0 radical (unpaired) electrons. The molecule has 9 nitrogen and oxygen atoms in total. The molecule has 10 heteroatoms. The van der Waals surface area contributed by atoms with Gasteiger partial charge >= 0.3 is 5.65 Å². The van der Waals surface area contributed by atoms with Gasteiger partial charge in [-0.15, -0.1) is 14.8 Å². The van der Waals surface area contributed by atoms with Crippen LogP contribution in [0.2, 0.25) is 0 Å². The van der Waals surface area contributed by atoms with E-state index in [2.05, 4.69) is 28.2 Å². The van der Waals surface area contributed by atoms with Gasteiger partial charge in [0.25, 0.3) is 5.82 Å². The van der Waals surface area contributed by atoms with Gasteiger partial charge < -0.3 is 9.64 Å². The molecule has 4 rings (SSSR count). The van der Waals surface area contributed by atoms with E-state index < -0.39 is 10.2 Å². The molecular formula is C15H15ClN4O5. The first-order valence-electron chi connectivity index (χ1n) is 7.43. The number of nitrogens with zero attached hydrogens (tertiary/aromatic N) is 4. The first-order chi connectivity index (χ1) is 11.9. The second kappa shape index (κ2) is 7.40. The lowest BCUT2D eigenvalue weighted by atomic mass is 10.2. The van der Waals surface area contributed by atoms with Crippen LogP contribution in [0.3, 0.4) is 0 Å². The molecule has 0 saturated carbocycles. The molecule has 1 aliphatic heterocycles. The Labute approximate surface area is 145 Å². The summed E-state index contributed by atoms with van der Waals surface area (Å²) in [5.41, 5.74) is 0.895. The first kappa shape index (κ1) is 17.7. The highest BCUT2D eigenvalue weighted by Gasteiger charge is 2.19. The van der Waals surface area contributed by atoms with Gasteiger partial charge in [-0.3, -0.25) is 0 Å². The van der Waals surface area contributed by atoms with E-state index in [1.807, 2.05) is 29.0 Å². The summed E-state index contributed by atoms with van der Waals surface area (Å²) in [6.07, 6.45) is 3.78. The molecule has 1 fully saturated rings. The highest BCUT2D eigenvalue weighted by Crippen LogP contribution is 2.17. The van der Waals surface area contributed by atoms with Crippen LogP contribution in [0.1, 0.15) is 0 Å². The maximum absolute atomic E-state index is 8.49. The number of fused-ring (bicyclic) bond motifs is 3. The second-order valence-electron chi connectivity index (χ2n) is 5.26. The minimum Gasteiger partial charge on any atom is -0.378 e. The van der Waals surface area contributed by atoms with Gasteiger partial charge in [0.1, 0.15) is 12.4 Å². The predicted octanol–water partition coefficient (Wildman–Crippen LogP) is -3.55. The molecule has 0 unspecified atom stereocenters. The topological polar surface area (TPSA) is 135 Å². The van der Waals surface area contributed by atoms with E-state index in [1.54, 1.807) is 0 Å². The lowest BCUT2D eigenvalue weighted by Gasteiger charge is -2.24. The number of hydrogen-bond acceptors (Lipinski definition) is 8. The fraction of sp³-hybridized carbons (Fsp3) is 0.267. The third-order valence-corrected chi connectivity index (χ3v) is 3.67. The largest absolute Gasteiger partial charge is 0.378 e. The van der Waals surface area contributed by atoms with E-state index in [0.29, 0.717) is 0 Å². The van der Waals surface area contributed by atoms with Gasteiger partial charge in [0, 0.05) is 13.1 Å². The molecule has 0 N–H and O–H groups in total. The zero-order chi connectivity index (χ0) is 17.9. The summed E-state index contributed by atoms with van der Waals surface area (Å²) in [5.74, 6) is 0.921. The van der Waals surface area contributed by atoms with Gasteiger partial charge in [-0.1, -0.05) is 23.3 Å². The van der Waals surface area contributed by atoms with Crippen molar-refractivity contribution in [1.82, 2.24) is 10.1 Å². The molecule has 1 aliphatic rings. The average Bonchev–Trinajstić information content (AvgIpc) is 2.60. The normalized spacial score (nSPS) is 15.1. The fourth-order valence-corrected chi connectivity index (χ4v) is 2.59. The number of ether oxygens (including phenoxy) is 1.